The van der Waals surface area contributed by atoms with E-state index >= 15 is 0 Å². The normalized spacial score (nSPS) is 13.0. The number of fused-ring (bicyclic) bond motifs is 2. The van der Waals surface area contributed by atoms with Crippen molar-refractivity contribution in [3.8, 4) is 0 Å². The van der Waals surface area contributed by atoms with Gasteiger partial charge in [0.15, 0.2) is 0 Å². The molecule has 0 amide bonds. The molecule has 1 atom stereocenters. The second-order valence-electron chi connectivity index (χ2n) is 7.06. The maximum atomic E-state index is 4.72. The van der Waals surface area contributed by atoms with Crippen LogP contribution in [-0.2, 0) is 6.42 Å². The summed E-state index contributed by atoms with van der Waals surface area (Å²) in [6.07, 6.45) is 2.93. The maximum absolute atomic E-state index is 4.72. The first-order valence-corrected chi connectivity index (χ1v) is 9.66. The van der Waals surface area contributed by atoms with Crippen LogP contribution in [0.4, 0.5) is 0 Å². The van der Waals surface area contributed by atoms with Gasteiger partial charge in [0, 0.05) is 15.8 Å². The number of thiophene rings is 1. The molecule has 1 unspecified atom stereocenters. The van der Waals surface area contributed by atoms with E-state index in [-0.39, 0.29) is 0 Å². The monoisotopic (exact) mass is 346 g/mol. The number of rotatable bonds is 4. The lowest BCUT2D eigenvalue weighted by atomic mass is 9.99. The summed E-state index contributed by atoms with van der Waals surface area (Å²) in [4.78, 5) is 10.8. The molecule has 0 aliphatic heterocycles. The second-order valence-corrected chi connectivity index (χ2v) is 8.18. The van der Waals surface area contributed by atoms with Gasteiger partial charge in [0.05, 0.1) is 16.7 Å². The number of hydrogen-bond donors (Lipinski definition) is 0. The Morgan fingerprint density at radius 2 is 1.80 bits per heavy atom. The predicted molar refractivity (Wildman–Crippen MR) is 108 cm³/mol. The summed E-state index contributed by atoms with van der Waals surface area (Å²) >= 11 is 1.91. The molecule has 0 saturated heterocycles. The molecule has 2 aromatic carbocycles. The van der Waals surface area contributed by atoms with Gasteiger partial charge in [0.25, 0.3) is 0 Å². The zero-order valence-electron chi connectivity index (χ0n) is 14.9. The average Bonchev–Trinajstić information content (AvgIpc) is 3.05. The summed E-state index contributed by atoms with van der Waals surface area (Å²) in [5.74, 6) is 0.905. The van der Waals surface area contributed by atoms with Crippen LogP contribution >= 0.6 is 11.3 Å². The van der Waals surface area contributed by atoms with Crippen molar-refractivity contribution in [1.82, 2.24) is 9.97 Å². The van der Waals surface area contributed by atoms with Crippen molar-refractivity contribution >= 4 is 32.5 Å². The highest BCUT2D eigenvalue weighted by Crippen LogP contribution is 2.32. The standard InChI is InChI=1S/C22H22N2S/c1-14(2)20-13-23-19-11-16(8-9-18(19)24-20)10-15(3)22-12-17-6-4-5-7-21(17)25-22/h4-9,11-15H,10H2,1-3H3. The molecule has 0 bridgehead atoms. The molecule has 4 aromatic rings. The average molecular weight is 346 g/mol. The lowest BCUT2D eigenvalue weighted by Crippen LogP contribution is -1.98. The van der Waals surface area contributed by atoms with Crippen molar-refractivity contribution in [3.05, 3.63) is 70.9 Å². The van der Waals surface area contributed by atoms with Gasteiger partial charge >= 0.3 is 0 Å². The predicted octanol–water partition coefficient (Wildman–Crippen LogP) is 6.31. The van der Waals surface area contributed by atoms with Crippen LogP contribution in [0.25, 0.3) is 21.1 Å². The van der Waals surface area contributed by atoms with Gasteiger partial charge in [-0.1, -0.05) is 45.0 Å². The third-order valence-electron chi connectivity index (χ3n) is 4.69. The molecule has 0 fully saturated rings. The Hall–Kier alpha value is -2.26. The molecule has 25 heavy (non-hydrogen) atoms. The smallest absolute Gasteiger partial charge is 0.0890 e. The van der Waals surface area contributed by atoms with Crippen molar-refractivity contribution in [3.63, 3.8) is 0 Å². The lowest BCUT2D eigenvalue weighted by Gasteiger charge is -2.10. The van der Waals surface area contributed by atoms with Gasteiger partial charge in [0.2, 0.25) is 0 Å². The fraction of sp³-hybridized carbons (Fsp3) is 0.273. The molecule has 0 aliphatic rings. The van der Waals surface area contributed by atoms with E-state index in [1.165, 1.54) is 20.5 Å². The fourth-order valence-electron chi connectivity index (χ4n) is 3.18. The van der Waals surface area contributed by atoms with Crippen LogP contribution in [0.3, 0.4) is 0 Å². The van der Waals surface area contributed by atoms with Crippen LogP contribution < -0.4 is 0 Å². The van der Waals surface area contributed by atoms with Crippen molar-refractivity contribution in [1.29, 1.82) is 0 Å². The number of aromatic nitrogens is 2. The van der Waals surface area contributed by atoms with E-state index in [2.05, 4.69) is 74.3 Å². The van der Waals surface area contributed by atoms with E-state index in [0.29, 0.717) is 11.8 Å². The van der Waals surface area contributed by atoms with Gasteiger partial charge in [0.1, 0.15) is 0 Å². The first-order valence-electron chi connectivity index (χ1n) is 8.84. The molecule has 0 saturated carbocycles. The van der Waals surface area contributed by atoms with Crippen molar-refractivity contribution in [2.75, 3.05) is 0 Å². The number of hydrogen-bond acceptors (Lipinski definition) is 3. The fourth-order valence-corrected chi connectivity index (χ4v) is 4.29. The molecular weight excluding hydrogens is 324 g/mol. The Morgan fingerprint density at radius 3 is 2.60 bits per heavy atom. The van der Waals surface area contributed by atoms with E-state index < -0.39 is 0 Å². The molecule has 4 rings (SSSR count). The Balaban J connectivity index is 1.60. The van der Waals surface area contributed by atoms with E-state index in [1.807, 2.05) is 17.5 Å². The highest BCUT2D eigenvalue weighted by atomic mass is 32.1. The topological polar surface area (TPSA) is 25.8 Å². The Kier molecular flexibility index (Phi) is 4.26. The van der Waals surface area contributed by atoms with Crippen LogP contribution in [0.5, 0.6) is 0 Å². The van der Waals surface area contributed by atoms with Gasteiger partial charge < -0.3 is 0 Å². The van der Waals surface area contributed by atoms with E-state index in [9.17, 15) is 0 Å². The van der Waals surface area contributed by atoms with Crippen LogP contribution in [0.1, 0.15) is 48.7 Å². The summed E-state index contributed by atoms with van der Waals surface area (Å²) in [5.41, 5.74) is 4.36. The van der Waals surface area contributed by atoms with E-state index in [4.69, 9.17) is 4.98 Å². The van der Waals surface area contributed by atoms with Crippen LogP contribution in [0.15, 0.2) is 54.7 Å². The minimum Gasteiger partial charge on any atom is -0.253 e. The Bertz CT molecular complexity index is 1000. The zero-order valence-corrected chi connectivity index (χ0v) is 15.7. The van der Waals surface area contributed by atoms with E-state index in [1.54, 1.807) is 0 Å². The SMILES string of the molecule is CC(C)c1cnc2cc(CC(C)c3cc4ccccc4s3)ccc2n1. The van der Waals surface area contributed by atoms with Gasteiger partial charge in [-0.05, 0) is 53.5 Å². The van der Waals surface area contributed by atoms with E-state index in [0.717, 1.165) is 23.1 Å². The van der Waals surface area contributed by atoms with Crippen LogP contribution in [0, 0.1) is 0 Å². The first-order chi connectivity index (χ1) is 12.1. The quantitative estimate of drug-likeness (QED) is 0.432. The number of benzene rings is 2. The summed E-state index contributed by atoms with van der Waals surface area (Å²) < 4.78 is 1.37. The lowest BCUT2D eigenvalue weighted by molar-refractivity contribution is 0.775. The van der Waals surface area contributed by atoms with Crippen molar-refractivity contribution < 1.29 is 0 Å². The van der Waals surface area contributed by atoms with Gasteiger partial charge in [-0.2, -0.15) is 0 Å². The van der Waals surface area contributed by atoms with Gasteiger partial charge in [-0.3, -0.25) is 4.98 Å². The number of nitrogens with zero attached hydrogens (tertiary/aromatic N) is 2. The highest BCUT2D eigenvalue weighted by Gasteiger charge is 2.12. The van der Waals surface area contributed by atoms with Gasteiger partial charge in [-0.15, -0.1) is 11.3 Å². The molecule has 126 valence electrons. The molecule has 2 aromatic heterocycles. The van der Waals surface area contributed by atoms with Crippen molar-refractivity contribution in [2.24, 2.45) is 0 Å². The molecule has 0 aliphatic carbocycles. The highest BCUT2D eigenvalue weighted by molar-refractivity contribution is 7.19. The molecule has 0 radical (unpaired) electrons. The molecule has 2 nitrogen and oxygen atoms in total. The molecule has 0 N–H and O–H groups in total. The third-order valence-corrected chi connectivity index (χ3v) is 6.04. The molecular formula is C22H22N2S. The third kappa shape index (κ3) is 3.29. The van der Waals surface area contributed by atoms with Crippen molar-refractivity contribution in [2.45, 2.75) is 39.0 Å². The minimum atomic E-state index is 0.407. The zero-order chi connectivity index (χ0) is 17.4. The Labute approximate surface area is 152 Å². The summed E-state index contributed by atoms with van der Waals surface area (Å²) in [6.45, 7) is 6.61. The second kappa shape index (κ2) is 6.57. The molecule has 2 heterocycles. The Morgan fingerprint density at radius 1 is 0.960 bits per heavy atom. The summed E-state index contributed by atoms with van der Waals surface area (Å²) in [7, 11) is 0. The molecule has 0 spiro atoms. The first kappa shape index (κ1) is 16.2. The van der Waals surface area contributed by atoms with Crippen LogP contribution in [-0.4, -0.2) is 9.97 Å². The van der Waals surface area contributed by atoms with Gasteiger partial charge in [-0.25, -0.2) is 4.98 Å². The summed E-state index contributed by atoms with van der Waals surface area (Å²) in [6, 6.07) is 17.5. The largest absolute Gasteiger partial charge is 0.253 e. The summed E-state index contributed by atoms with van der Waals surface area (Å²) in [5, 5.41) is 1.35. The maximum Gasteiger partial charge on any atom is 0.0890 e. The minimum absolute atomic E-state index is 0.407. The van der Waals surface area contributed by atoms with Crippen LogP contribution in [0.2, 0.25) is 0 Å². The molecule has 3 heteroatoms.